The summed E-state index contributed by atoms with van der Waals surface area (Å²) in [6.07, 6.45) is 7.92. The number of hydrogen-bond donors (Lipinski definition) is 1. The van der Waals surface area contributed by atoms with Gasteiger partial charge >= 0.3 is 6.09 Å². The Balaban J connectivity index is 1.41. The number of aliphatic hydroxyl groups is 1. The van der Waals surface area contributed by atoms with Crippen molar-refractivity contribution >= 4 is 11.9 Å². The molecule has 1 aromatic carbocycles. The van der Waals surface area contributed by atoms with Gasteiger partial charge in [0.15, 0.2) is 0 Å². The minimum atomic E-state index is -0.903. The molecule has 1 amide bonds. The van der Waals surface area contributed by atoms with Crippen molar-refractivity contribution in [1.29, 1.82) is 0 Å². The Morgan fingerprint density at radius 1 is 0.976 bits per heavy atom. The summed E-state index contributed by atoms with van der Waals surface area (Å²) in [4.78, 5) is 20.2. The van der Waals surface area contributed by atoms with Crippen LogP contribution >= 0.6 is 0 Å². The first-order chi connectivity index (χ1) is 19.6. The van der Waals surface area contributed by atoms with Gasteiger partial charge in [-0.3, -0.25) is 9.58 Å². The van der Waals surface area contributed by atoms with Crippen LogP contribution in [-0.2, 0) is 22.8 Å². The zero-order valence-electron chi connectivity index (χ0n) is 26.7. The van der Waals surface area contributed by atoms with E-state index in [1.54, 1.807) is 24.9 Å². The fourth-order valence-electron chi connectivity index (χ4n) is 6.86. The lowest BCUT2D eigenvalue weighted by atomic mass is 9.52. The molecule has 0 spiro atoms. The van der Waals surface area contributed by atoms with E-state index in [-0.39, 0.29) is 16.9 Å². The first-order valence-electron chi connectivity index (χ1n) is 15.4. The van der Waals surface area contributed by atoms with Crippen LogP contribution in [0.3, 0.4) is 0 Å². The third kappa shape index (κ3) is 6.12. The maximum absolute atomic E-state index is 13.7. The topological polar surface area (TPSA) is 80.5 Å². The number of aromatic nitrogens is 3. The molecule has 2 bridgehead atoms. The molecule has 0 unspecified atom stereocenters. The summed E-state index contributed by atoms with van der Waals surface area (Å²) < 4.78 is 8.05. The second-order valence-corrected chi connectivity index (χ2v) is 14.6. The number of anilines is 1. The highest BCUT2D eigenvalue weighted by Gasteiger charge is 2.52. The Labute approximate surface area is 251 Å². The molecule has 3 saturated carbocycles. The van der Waals surface area contributed by atoms with E-state index in [4.69, 9.17) is 9.84 Å². The molecule has 3 aromatic rings. The largest absolute Gasteiger partial charge is 0.443 e. The van der Waals surface area contributed by atoms with Crippen LogP contribution in [0.2, 0.25) is 0 Å². The number of hydrogen-bond acceptors (Lipinski definition) is 5. The fourth-order valence-corrected chi connectivity index (χ4v) is 6.86. The smallest absolute Gasteiger partial charge is 0.416 e. The zero-order chi connectivity index (χ0) is 30.5. The summed E-state index contributed by atoms with van der Waals surface area (Å²) in [6, 6.07) is 14.2. The lowest BCUT2D eigenvalue weighted by Crippen LogP contribution is -2.51. The quantitative estimate of drug-likeness (QED) is 0.312. The third-order valence-electron chi connectivity index (χ3n) is 9.49. The number of ether oxygens (including phenoxy) is 1. The molecule has 2 aromatic heterocycles. The molecule has 3 aliphatic carbocycles. The average Bonchev–Trinajstić information content (AvgIpc) is 3.34. The van der Waals surface area contributed by atoms with E-state index in [2.05, 4.69) is 36.6 Å². The first kappa shape index (κ1) is 30.3. The molecule has 0 aliphatic heterocycles. The summed E-state index contributed by atoms with van der Waals surface area (Å²) in [5.74, 6) is 1.02. The van der Waals surface area contributed by atoms with Gasteiger partial charge in [0.2, 0.25) is 0 Å². The van der Waals surface area contributed by atoms with Crippen LogP contribution in [0.1, 0.15) is 110 Å². The number of pyridine rings is 1. The van der Waals surface area contributed by atoms with Gasteiger partial charge in [0.05, 0.1) is 11.3 Å². The summed E-state index contributed by atoms with van der Waals surface area (Å²) in [5, 5.41) is 15.2. The lowest BCUT2D eigenvalue weighted by Gasteiger charge is -2.54. The molecule has 0 saturated heterocycles. The van der Waals surface area contributed by atoms with E-state index in [1.165, 1.54) is 11.4 Å². The molecule has 0 radical (unpaired) electrons. The van der Waals surface area contributed by atoms with Crippen LogP contribution in [0.4, 0.5) is 10.6 Å². The average molecular weight is 573 g/mol. The van der Waals surface area contributed by atoms with Gasteiger partial charge in [-0.05, 0) is 119 Å². The van der Waals surface area contributed by atoms with Crippen molar-refractivity contribution in [2.45, 2.75) is 110 Å². The van der Waals surface area contributed by atoms with Crippen LogP contribution in [0.5, 0.6) is 0 Å². The first-order valence-corrected chi connectivity index (χ1v) is 15.4. The van der Waals surface area contributed by atoms with Crippen LogP contribution < -0.4 is 4.90 Å². The van der Waals surface area contributed by atoms with Gasteiger partial charge < -0.3 is 9.84 Å². The highest BCUT2D eigenvalue weighted by atomic mass is 16.6. The number of carbonyl (C=O) groups is 1. The molecule has 7 heteroatoms. The standard InChI is InChI=1S/C35H48N4O3/c1-24(2)28-22-29(38(8)37-28)35-17-14-34(15-18-35,16-19-35)23-39(31(40)42-32(3,4)5)30-21-26(13-20-36-30)25-9-11-27(12-10-25)33(6,7)41/h9-13,20-22,24,41H,14-19,23H2,1-8H3. The second kappa shape index (κ2) is 10.8. The maximum atomic E-state index is 13.7. The van der Waals surface area contributed by atoms with Crippen molar-refractivity contribution in [3.05, 3.63) is 65.6 Å². The van der Waals surface area contributed by atoms with Gasteiger partial charge in [-0.2, -0.15) is 5.10 Å². The molecule has 226 valence electrons. The van der Waals surface area contributed by atoms with Crippen LogP contribution in [0.15, 0.2) is 48.7 Å². The van der Waals surface area contributed by atoms with Gasteiger partial charge in [-0.25, -0.2) is 9.78 Å². The van der Waals surface area contributed by atoms with Crippen molar-refractivity contribution < 1.29 is 14.6 Å². The van der Waals surface area contributed by atoms with Gasteiger partial charge in [-0.1, -0.05) is 38.1 Å². The predicted octanol–water partition coefficient (Wildman–Crippen LogP) is 7.87. The Morgan fingerprint density at radius 2 is 1.60 bits per heavy atom. The van der Waals surface area contributed by atoms with E-state index in [1.807, 2.05) is 57.2 Å². The number of benzene rings is 1. The Kier molecular flexibility index (Phi) is 7.80. The van der Waals surface area contributed by atoms with Gasteiger partial charge in [-0.15, -0.1) is 0 Å². The number of aryl methyl sites for hydroxylation is 1. The van der Waals surface area contributed by atoms with Gasteiger partial charge in [0.25, 0.3) is 0 Å². The predicted molar refractivity (Wildman–Crippen MR) is 168 cm³/mol. The van der Waals surface area contributed by atoms with Crippen LogP contribution in [0, 0.1) is 5.41 Å². The second-order valence-electron chi connectivity index (χ2n) is 14.6. The minimum absolute atomic E-state index is 0.0319. The summed E-state index contributed by atoms with van der Waals surface area (Å²) in [6.45, 7) is 14.3. The van der Waals surface area contributed by atoms with E-state index in [0.29, 0.717) is 18.3 Å². The lowest BCUT2D eigenvalue weighted by molar-refractivity contribution is 0.0314. The van der Waals surface area contributed by atoms with Crippen molar-refractivity contribution in [3.63, 3.8) is 0 Å². The maximum Gasteiger partial charge on any atom is 0.416 e. The molecular formula is C35H48N4O3. The van der Waals surface area contributed by atoms with Crippen molar-refractivity contribution in [2.75, 3.05) is 11.4 Å². The van der Waals surface area contributed by atoms with Crippen molar-refractivity contribution in [3.8, 4) is 11.1 Å². The number of amides is 1. The molecule has 2 heterocycles. The van der Waals surface area contributed by atoms with Crippen LogP contribution in [-0.4, -0.2) is 38.1 Å². The summed E-state index contributed by atoms with van der Waals surface area (Å²) in [5.41, 5.74) is 4.05. The van der Waals surface area contributed by atoms with Gasteiger partial charge in [0, 0.05) is 30.9 Å². The highest BCUT2D eigenvalue weighted by molar-refractivity contribution is 5.87. The molecule has 42 heavy (non-hydrogen) atoms. The Bertz CT molecular complexity index is 1400. The van der Waals surface area contributed by atoms with E-state index in [0.717, 1.165) is 55.2 Å². The minimum Gasteiger partial charge on any atom is -0.443 e. The van der Waals surface area contributed by atoms with Crippen molar-refractivity contribution in [2.24, 2.45) is 12.5 Å². The van der Waals surface area contributed by atoms with E-state index in [9.17, 15) is 9.90 Å². The molecule has 3 aliphatic rings. The van der Waals surface area contributed by atoms with Gasteiger partial charge in [0.1, 0.15) is 11.4 Å². The third-order valence-corrected chi connectivity index (χ3v) is 9.49. The number of carbonyl (C=O) groups excluding carboxylic acids is 1. The normalized spacial score (nSPS) is 22.4. The van der Waals surface area contributed by atoms with Crippen molar-refractivity contribution in [1.82, 2.24) is 14.8 Å². The number of rotatable bonds is 7. The highest BCUT2D eigenvalue weighted by Crippen LogP contribution is 2.58. The molecule has 6 rings (SSSR count). The molecule has 7 nitrogen and oxygen atoms in total. The van der Waals surface area contributed by atoms with Crippen LogP contribution in [0.25, 0.3) is 11.1 Å². The Hall–Kier alpha value is -3.19. The van der Waals surface area contributed by atoms with E-state index >= 15 is 0 Å². The molecule has 3 fully saturated rings. The monoisotopic (exact) mass is 572 g/mol. The summed E-state index contributed by atoms with van der Waals surface area (Å²) in [7, 11) is 2.09. The molecule has 1 N–H and O–H groups in total. The Morgan fingerprint density at radius 3 is 2.12 bits per heavy atom. The fraction of sp³-hybridized carbons (Fsp3) is 0.571. The number of nitrogens with zero attached hydrogens (tertiary/aromatic N) is 4. The van der Waals surface area contributed by atoms with E-state index < -0.39 is 11.2 Å². The molecular weight excluding hydrogens is 524 g/mol. The summed E-state index contributed by atoms with van der Waals surface area (Å²) >= 11 is 0. The number of fused-ring (bicyclic) bond motifs is 3. The SMILES string of the molecule is CC(C)c1cc(C23CCC(CN(C(=O)OC(C)(C)C)c4cc(-c5ccc(C(C)(C)O)cc5)ccn4)(CC2)CC3)n(C)n1. The zero-order valence-corrected chi connectivity index (χ0v) is 26.7. The molecule has 0 atom stereocenters.